The van der Waals surface area contributed by atoms with Gasteiger partial charge in [0.2, 0.25) is 0 Å². The molecule has 12 heavy (non-hydrogen) atoms. The molecular weight excluding hydrogens is 152 g/mol. The lowest BCUT2D eigenvalue weighted by Crippen LogP contribution is -2.26. The van der Waals surface area contributed by atoms with Crippen LogP contribution in [0.25, 0.3) is 0 Å². The van der Waals surface area contributed by atoms with Crippen LogP contribution < -0.4 is 5.32 Å². The molecule has 0 radical (unpaired) electrons. The number of ether oxygens (including phenoxy) is 1. The highest BCUT2D eigenvalue weighted by Gasteiger charge is 2.41. The van der Waals surface area contributed by atoms with Crippen LogP contribution in [0.4, 0.5) is 0 Å². The first-order valence-electron chi connectivity index (χ1n) is 4.40. The molecule has 0 amide bonds. The van der Waals surface area contributed by atoms with Crippen molar-refractivity contribution in [2.24, 2.45) is 5.41 Å². The Hall–Kier alpha value is -0.590. The van der Waals surface area contributed by atoms with Crippen molar-refractivity contribution in [3.63, 3.8) is 0 Å². The first-order valence-corrected chi connectivity index (χ1v) is 4.40. The topological polar surface area (TPSA) is 45.0 Å². The molecule has 1 N–H and O–H groups in total. The molecule has 0 spiro atoms. The zero-order chi connectivity index (χ0) is 8.86. The van der Waals surface area contributed by atoms with Crippen LogP contribution in [0.3, 0.4) is 0 Å². The lowest BCUT2D eigenvalue weighted by atomic mass is 10.0. The number of nitrogens with one attached hydrogen (secondary N) is 1. The van der Waals surface area contributed by atoms with Gasteiger partial charge >= 0.3 is 0 Å². The average Bonchev–Trinajstić information content (AvgIpc) is 2.81. The van der Waals surface area contributed by atoms with Gasteiger partial charge in [-0.15, -0.1) is 0 Å². The Morgan fingerprint density at radius 3 is 2.83 bits per heavy atom. The van der Waals surface area contributed by atoms with E-state index in [1.54, 1.807) is 7.11 Å². The van der Waals surface area contributed by atoms with Crippen LogP contribution in [0.1, 0.15) is 19.3 Å². The van der Waals surface area contributed by atoms with Crippen LogP contribution in [-0.2, 0) is 4.74 Å². The van der Waals surface area contributed by atoms with E-state index in [2.05, 4.69) is 11.4 Å². The Kier molecular flexibility index (Phi) is 3.51. The maximum absolute atomic E-state index is 8.54. The molecule has 0 aliphatic heterocycles. The van der Waals surface area contributed by atoms with E-state index in [-0.39, 0.29) is 0 Å². The smallest absolute Gasteiger partial charge is 0.0628 e. The number of rotatable bonds is 6. The van der Waals surface area contributed by atoms with E-state index in [0.717, 1.165) is 19.7 Å². The third-order valence-electron chi connectivity index (χ3n) is 2.39. The molecule has 1 aliphatic rings. The minimum atomic E-state index is 0.322. The third kappa shape index (κ3) is 2.80. The van der Waals surface area contributed by atoms with E-state index >= 15 is 0 Å². The Morgan fingerprint density at radius 1 is 1.58 bits per heavy atom. The molecule has 0 bridgehead atoms. The van der Waals surface area contributed by atoms with Crippen LogP contribution in [0.5, 0.6) is 0 Å². The average molecular weight is 168 g/mol. The lowest BCUT2D eigenvalue weighted by Gasteiger charge is -2.11. The van der Waals surface area contributed by atoms with Gasteiger partial charge in [0.15, 0.2) is 0 Å². The monoisotopic (exact) mass is 168 g/mol. The van der Waals surface area contributed by atoms with Gasteiger partial charge in [-0.1, -0.05) is 0 Å². The standard InChI is InChI=1S/C9H16N2O/c1-12-7-6-11-8-9(2-3-9)4-5-10/h11H,2-4,6-8H2,1H3. The number of hydrogen-bond donors (Lipinski definition) is 1. The van der Waals surface area contributed by atoms with Gasteiger partial charge in [-0.05, 0) is 18.3 Å². The third-order valence-corrected chi connectivity index (χ3v) is 2.39. The predicted molar refractivity (Wildman–Crippen MR) is 46.6 cm³/mol. The minimum absolute atomic E-state index is 0.322. The Bertz CT molecular complexity index is 170. The second-order valence-corrected chi connectivity index (χ2v) is 3.50. The summed E-state index contributed by atoms with van der Waals surface area (Å²) in [6.07, 6.45) is 3.12. The van der Waals surface area contributed by atoms with E-state index < -0.39 is 0 Å². The van der Waals surface area contributed by atoms with Gasteiger partial charge in [-0.2, -0.15) is 5.26 Å². The van der Waals surface area contributed by atoms with Gasteiger partial charge in [0.05, 0.1) is 12.7 Å². The van der Waals surface area contributed by atoms with Crippen molar-refractivity contribution in [2.45, 2.75) is 19.3 Å². The molecule has 1 saturated carbocycles. The molecule has 1 fully saturated rings. The van der Waals surface area contributed by atoms with Crippen LogP contribution in [0.15, 0.2) is 0 Å². The summed E-state index contributed by atoms with van der Waals surface area (Å²) in [5, 5.41) is 11.8. The predicted octanol–water partition coefficient (Wildman–Crippen LogP) is 0.916. The van der Waals surface area contributed by atoms with Crippen molar-refractivity contribution in [3.05, 3.63) is 0 Å². The van der Waals surface area contributed by atoms with Crippen molar-refractivity contribution >= 4 is 0 Å². The zero-order valence-corrected chi connectivity index (χ0v) is 7.60. The van der Waals surface area contributed by atoms with Crippen molar-refractivity contribution in [3.8, 4) is 6.07 Å². The summed E-state index contributed by atoms with van der Waals surface area (Å²) in [6.45, 7) is 2.62. The fourth-order valence-electron chi connectivity index (χ4n) is 1.29. The van der Waals surface area contributed by atoms with Gasteiger partial charge in [-0.3, -0.25) is 0 Å². The molecule has 0 atom stereocenters. The van der Waals surface area contributed by atoms with Crippen molar-refractivity contribution in [1.82, 2.24) is 5.32 Å². The molecule has 0 aromatic carbocycles. The summed E-state index contributed by atoms with van der Waals surface area (Å²) in [6, 6.07) is 2.24. The molecule has 0 heterocycles. The molecule has 3 nitrogen and oxygen atoms in total. The number of methoxy groups -OCH3 is 1. The van der Waals surface area contributed by atoms with Crippen molar-refractivity contribution in [1.29, 1.82) is 5.26 Å². The second kappa shape index (κ2) is 4.44. The summed E-state index contributed by atoms with van der Waals surface area (Å²) in [5.74, 6) is 0. The molecule has 0 aromatic rings. The second-order valence-electron chi connectivity index (χ2n) is 3.50. The maximum atomic E-state index is 8.54. The Labute approximate surface area is 73.7 Å². The van der Waals surface area contributed by atoms with Crippen molar-refractivity contribution < 1.29 is 4.74 Å². The fourth-order valence-corrected chi connectivity index (χ4v) is 1.29. The molecule has 1 aliphatic carbocycles. The lowest BCUT2D eigenvalue weighted by molar-refractivity contribution is 0.197. The highest BCUT2D eigenvalue weighted by atomic mass is 16.5. The van der Waals surface area contributed by atoms with Gasteiger partial charge in [0.25, 0.3) is 0 Å². The molecule has 68 valence electrons. The number of nitriles is 1. The van der Waals surface area contributed by atoms with E-state index in [0.29, 0.717) is 11.8 Å². The quantitative estimate of drug-likeness (QED) is 0.600. The maximum Gasteiger partial charge on any atom is 0.0628 e. The zero-order valence-electron chi connectivity index (χ0n) is 7.60. The van der Waals surface area contributed by atoms with Crippen LogP contribution in [-0.4, -0.2) is 26.8 Å². The number of nitrogens with zero attached hydrogens (tertiary/aromatic N) is 1. The van der Waals surface area contributed by atoms with Gasteiger partial charge in [0.1, 0.15) is 0 Å². The minimum Gasteiger partial charge on any atom is -0.383 e. The molecule has 3 heteroatoms. The summed E-state index contributed by atoms with van der Waals surface area (Å²) in [5.41, 5.74) is 0.322. The van der Waals surface area contributed by atoms with Crippen molar-refractivity contribution in [2.75, 3.05) is 26.8 Å². The summed E-state index contributed by atoms with van der Waals surface area (Å²) >= 11 is 0. The molecule has 1 rings (SSSR count). The highest BCUT2D eigenvalue weighted by Crippen LogP contribution is 2.47. The SMILES string of the molecule is COCCNCC1(CC#N)CC1. The molecule has 0 saturated heterocycles. The van der Waals surface area contributed by atoms with Crippen LogP contribution in [0, 0.1) is 16.7 Å². The first kappa shape index (κ1) is 9.50. The number of hydrogen-bond acceptors (Lipinski definition) is 3. The first-order chi connectivity index (χ1) is 5.83. The van der Waals surface area contributed by atoms with E-state index in [4.69, 9.17) is 10.00 Å². The molecular formula is C9H16N2O. The molecule has 0 unspecified atom stereocenters. The summed E-state index contributed by atoms with van der Waals surface area (Å²) in [7, 11) is 1.70. The fraction of sp³-hybridized carbons (Fsp3) is 0.889. The largest absolute Gasteiger partial charge is 0.383 e. The van der Waals surface area contributed by atoms with E-state index in [1.165, 1.54) is 12.8 Å². The van der Waals surface area contributed by atoms with Gasteiger partial charge in [0, 0.05) is 26.6 Å². The highest BCUT2D eigenvalue weighted by molar-refractivity contribution is 5.00. The Balaban J connectivity index is 2.03. The van der Waals surface area contributed by atoms with E-state index in [9.17, 15) is 0 Å². The van der Waals surface area contributed by atoms with Crippen LogP contribution >= 0.6 is 0 Å². The Morgan fingerprint density at radius 2 is 2.33 bits per heavy atom. The summed E-state index contributed by atoms with van der Waals surface area (Å²) < 4.78 is 4.91. The van der Waals surface area contributed by atoms with E-state index in [1.807, 2.05) is 0 Å². The van der Waals surface area contributed by atoms with Crippen LogP contribution in [0.2, 0.25) is 0 Å². The van der Waals surface area contributed by atoms with Gasteiger partial charge in [-0.25, -0.2) is 0 Å². The van der Waals surface area contributed by atoms with Gasteiger partial charge < -0.3 is 10.1 Å². The molecule has 0 aromatic heterocycles. The normalized spacial score (nSPS) is 18.7. The summed E-state index contributed by atoms with van der Waals surface area (Å²) in [4.78, 5) is 0.